The molecule has 1 amide bonds. The van der Waals surface area contributed by atoms with Gasteiger partial charge in [0.2, 0.25) is 0 Å². The zero-order chi connectivity index (χ0) is 23.0. The third-order valence-electron chi connectivity index (χ3n) is 5.97. The number of fused-ring (bicyclic) bond motifs is 1. The lowest BCUT2D eigenvalue weighted by atomic mass is 9.91. The van der Waals surface area contributed by atoms with Gasteiger partial charge in [-0.15, -0.1) is 0 Å². The number of hydrogen-bond donors (Lipinski definition) is 1. The molecule has 2 aromatic rings. The highest BCUT2D eigenvalue weighted by atomic mass is 16.6. The van der Waals surface area contributed by atoms with Crippen LogP contribution in [0.3, 0.4) is 0 Å². The molecule has 0 saturated carbocycles. The van der Waals surface area contributed by atoms with Gasteiger partial charge in [-0.05, 0) is 32.4 Å². The standard InChI is InChI=1S/C24H29N7O2/c1-24(2,3)33-23(32)30-10-8-29(9-11-30)22-13-20(6-7-25-22)31-21-12-17(19-14-26-27-15-19)4-5-18(21)16-28-31/h4-7,12-16,18,21H,8-11H2,1-3H3,(H,26,27). The SMILES string of the molecule is CC(C)(C)OC(=O)N1CCN(c2cc(N3N=CC4C=CC(c5cn[nH]c5)=CC43)ccn2)CC1. The molecule has 9 nitrogen and oxygen atoms in total. The van der Waals surface area contributed by atoms with Gasteiger partial charge in [-0.25, -0.2) is 9.78 Å². The first kappa shape index (κ1) is 21.2. The predicted molar refractivity (Wildman–Crippen MR) is 128 cm³/mol. The molecule has 0 aromatic carbocycles. The van der Waals surface area contributed by atoms with Crippen molar-refractivity contribution < 1.29 is 9.53 Å². The third-order valence-corrected chi connectivity index (χ3v) is 5.97. The first-order valence-electron chi connectivity index (χ1n) is 11.3. The fourth-order valence-electron chi connectivity index (χ4n) is 4.28. The monoisotopic (exact) mass is 447 g/mol. The van der Waals surface area contributed by atoms with E-state index in [1.807, 2.05) is 51.6 Å². The summed E-state index contributed by atoms with van der Waals surface area (Å²) in [6.07, 6.45) is 13.8. The molecule has 5 rings (SSSR count). The van der Waals surface area contributed by atoms with Crippen molar-refractivity contribution in [1.82, 2.24) is 20.1 Å². The van der Waals surface area contributed by atoms with Crippen molar-refractivity contribution in [2.45, 2.75) is 32.4 Å². The highest BCUT2D eigenvalue weighted by Gasteiger charge is 2.32. The van der Waals surface area contributed by atoms with Crippen LogP contribution in [0.4, 0.5) is 16.3 Å². The predicted octanol–water partition coefficient (Wildman–Crippen LogP) is 3.31. The quantitative estimate of drug-likeness (QED) is 0.777. The molecule has 2 aliphatic heterocycles. The fourth-order valence-corrected chi connectivity index (χ4v) is 4.28. The van der Waals surface area contributed by atoms with Gasteiger partial charge in [0.15, 0.2) is 0 Å². The van der Waals surface area contributed by atoms with Gasteiger partial charge in [0.25, 0.3) is 0 Å². The number of ether oxygens (including phenoxy) is 1. The molecule has 4 heterocycles. The summed E-state index contributed by atoms with van der Waals surface area (Å²) in [5.74, 6) is 1.12. The second-order valence-corrected chi connectivity index (χ2v) is 9.47. The van der Waals surface area contributed by atoms with E-state index >= 15 is 0 Å². The summed E-state index contributed by atoms with van der Waals surface area (Å²) in [4.78, 5) is 20.9. The molecule has 3 aliphatic rings. The first-order valence-corrected chi connectivity index (χ1v) is 11.3. The molecule has 0 radical (unpaired) electrons. The second kappa shape index (κ2) is 8.38. The van der Waals surface area contributed by atoms with Crippen molar-refractivity contribution in [2.24, 2.45) is 11.0 Å². The average Bonchev–Trinajstić information content (AvgIpc) is 3.48. The van der Waals surface area contributed by atoms with E-state index in [1.165, 1.54) is 0 Å². The lowest BCUT2D eigenvalue weighted by Gasteiger charge is -2.36. The molecule has 1 fully saturated rings. The Morgan fingerprint density at radius 1 is 1.21 bits per heavy atom. The van der Waals surface area contributed by atoms with Gasteiger partial charge in [-0.3, -0.25) is 10.1 Å². The Labute approximate surface area is 193 Å². The summed E-state index contributed by atoms with van der Waals surface area (Å²) in [6.45, 7) is 8.28. The van der Waals surface area contributed by atoms with Gasteiger partial charge in [-0.2, -0.15) is 10.2 Å². The van der Waals surface area contributed by atoms with E-state index in [9.17, 15) is 4.79 Å². The molecule has 2 aromatic heterocycles. The van der Waals surface area contributed by atoms with Crippen molar-refractivity contribution in [3.63, 3.8) is 0 Å². The van der Waals surface area contributed by atoms with Crippen LogP contribution in [0.25, 0.3) is 5.57 Å². The summed E-state index contributed by atoms with van der Waals surface area (Å²) < 4.78 is 5.50. The van der Waals surface area contributed by atoms with Crippen molar-refractivity contribution in [2.75, 3.05) is 36.1 Å². The normalized spacial score (nSPS) is 22.4. The molecule has 2 atom stereocenters. The Bertz CT molecular complexity index is 1090. The zero-order valence-corrected chi connectivity index (χ0v) is 19.2. The van der Waals surface area contributed by atoms with E-state index in [2.05, 4.69) is 49.4 Å². The minimum atomic E-state index is -0.488. The van der Waals surface area contributed by atoms with Gasteiger partial charge < -0.3 is 14.5 Å². The number of nitrogens with zero attached hydrogens (tertiary/aromatic N) is 6. The Balaban J connectivity index is 1.28. The molecule has 1 aliphatic carbocycles. The smallest absolute Gasteiger partial charge is 0.410 e. The number of carbonyl (C=O) groups is 1. The number of hydrazone groups is 1. The maximum atomic E-state index is 12.4. The number of aromatic amines is 1. The molecule has 0 spiro atoms. The number of anilines is 2. The zero-order valence-electron chi connectivity index (χ0n) is 19.2. The number of carbonyl (C=O) groups excluding carboxylic acids is 1. The van der Waals surface area contributed by atoms with Crippen LogP contribution in [0.15, 0.2) is 54.1 Å². The van der Waals surface area contributed by atoms with Crippen molar-refractivity contribution >= 4 is 29.4 Å². The summed E-state index contributed by atoms with van der Waals surface area (Å²) in [6, 6.07) is 4.18. The van der Waals surface area contributed by atoms with Crippen LogP contribution in [0, 0.1) is 5.92 Å². The van der Waals surface area contributed by atoms with E-state index in [-0.39, 0.29) is 18.1 Å². The van der Waals surface area contributed by atoms with E-state index in [4.69, 9.17) is 9.84 Å². The van der Waals surface area contributed by atoms with Gasteiger partial charge in [0.1, 0.15) is 11.4 Å². The minimum Gasteiger partial charge on any atom is -0.444 e. The number of amides is 1. The van der Waals surface area contributed by atoms with Crippen LogP contribution >= 0.6 is 0 Å². The number of piperazine rings is 1. The summed E-state index contributed by atoms with van der Waals surface area (Å²) >= 11 is 0. The number of hydrogen-bond acceptors (Lipinski definition) is 7. The molecule has 9 heteroatoms. The number of pyridine rings is 1. The number of rotatable bonds is 3. The van der Waals surface area contributed by atoms with Crippen molar-refractivity contribution in [3.8, 4) is 0 Å². The van der Waals surface area contributed by atoms with E-state index in [0.717, 1.165) is 22.6 Å². The lowest BCUT2D eigenvalue weighted by molar-refractivity contribution is 0.0240. The maximum Gasteiger partial charge on any atom is 0.410 e. The highest BCUT2D eigenvalue weighted by molar-refractivity contribution is 5.82. The van der Waals surface area contributed by atoms with Gasteiger partial charge in [0, 0.05) is 62.3 Å². The van der Waals surface area contributed by atoms with Crippen LogP contribution in [-0.2, 0) is 4.74 Å². The van der Waals surface area contributed by atoms with Crippen LogP contribution in [0.1, 0.15) is 26.3 Å². The Morgan fingerprint density at radius 3 is 2.76 bits per heavy atom. The summed E-state index contributed by atoms with van der Waals surface area (Å²) in [7, 11) is 0. The third kappa shape index (κ3) is 4.48. The molecular weight excluding hydrogens is 418 g/mol. The first-order chi connectivity index (χ1) is 15.9. The van der Waals surface area contributed by atoms with E-state index < -0.39 is 5.60 Å². The molecule has 0 bridgehead atoms. The molecule has 1 N–H and O–H groups in total. The molecular formula is C24H29N7O2. The van der Waals surface area contributed by atoms with Crippen LogP contribution in [0.2, 0.25) is 0 Å². The molecule has 2 unspecified atom stereocenters. The minimum absolute atomic E-state index is 0.110. The summed E-state index contributed by atoms with van der Waals surface area (Å²) in [5.41, 5.74) is 2.71. The van der Waals surface area contributed by atoms with Crippen molar-refractivity contribution in [3.05, 3.63) is 54.5 Å². The second-order valence-electron chi connectivity index (χ2n) is 9.47. The number of nitrogens with one attached hydrogen (secondary N) is 1. The van der Waals surface area contributed by atoms with Gasteiger partial charge in [-0.1, -0.05) is 18.2 Å². The van der Waals surface area contributed by atoms with Crippen LogP contribution in [-0.4, -0.2) is 70.2 Å². The number of aromatic nitrogens is 3. The van der Waals surface area contributed by atoms with E-state index in [0.29, 0.717) is 26.2 Å². The van der Waals surface area contributed by atoms with Crippen molar-refractivity contribution in [1.29, 1.82) is 0 Å². The van der Waals surface area contributed by atoms with Crippen LogP contribution < -0.4 is 9.91 Å². The lowest BCUT2D eigenvalue weighted by Crippen LogP contribution is -2.50. The average molecular weight is 448 g/mol. The van der Waals surface area contributed by atoms with Crippen LogP contribution in [0.5, 0.6) is 0 Å². The number of H-pyrrole nitrogens is 1. The summed E-state index contributed by atoms with van der Waals surface area (Å²) in [5, 5.41) is 13.7. The molecule has 172 valence electrons. The topological polar surface area (TPSA) is 90.0 Å². The van der Waals surface area contributed by atoms with E-state index in [1.54, 1.807) is 4.90 Å². The fraction of sp³-hybridized carbons (Fsp3) is 0.417. The maximum absolute atomic E-state index is 12.4. The number of allylic oxidation sites excluding steroid dienone is 2. The molecule has 33 heavy (non-hydrogen) atoms. The van der Waals surface area contributed by atoms with Gasteiger partial charge >= 0.3 is 6.09 Å². The molecule has 1 saturated heterocycles. The highest BCUT2D eigenvalue weighted by Crippen LogP contribution is 2.34. The Kier molecular flexibility index (Phi) is 5.39. The van der Waals surface area contributed by atoms with Gasteiger partial charge in [0.05, 0.1) is 17.9 Å². The Morgan fingerprint density at radius 2 is 2.03 bits per heavy atom. The Hall–Kier alpha value is -3.62. The largest absolute Gasteiger partial charge is 0.444 e.